The second kappa shape index (κ2) is 16.7. The molecule has 5 rings (SSSR count). The SMILES string of the molecule is CC1=[C-]C(C)C(C)=C1C.[Cl-].[Cl-].[NH-]C(=O)C1CC2CCC1C2.[Zr+4].c1ccc([SiH]c2ccccc2)cc1. The van der Waals surface area contributed by atoms with Crippen molar-refractivity contribution in [2.24, 2.45) is 23.7 Å². The molecule has 2 nitrogen and oxygen atoms in total. The summed E-state index contributed by atoms with van der Waals surface area (Å²) in [6.07, 6.45) is 8.13. The molecule has 1 N–H and O–H groups in total. The van der Waals surface area contributed by atoms with Crippen LogP contribution in [-0.4, -0.2) is 15.4 Å². The van der Waals surface area contributed by atoms with Crippen LogP contribution in [0.15, 0.2) is 77.4 Å². The van der Waals surface area contributed by atoms with Gasteiger partial charge in [0.1, 0.15) is 9.52 Å². The largest absolute Gasteiger partial charge is 4.00 e. The molecule has 0 aliphatic heterocycles. The van der Waals surface area contributed by atoms with Gasteiger partial charge in [-0.05, 0) is 31.1 Å². The number of hydrogen-bond donors (Lipinski definition) is 0. The van der Waals surface area contributed by atoms with E-state index in [1.54, 1.807) is 0 Å². The molecule has 35 heavy (non-hydrogen) atoms. The van der Waals surface area contributed by atoms with Gasteiger partial charge in [-0.15, -0.1) is 6.92 Å². The minimum absolute atomic E-state index is 0. The van der Waals surface area contributed by atoms with E-state index in [-0.39, 0.29) is 72.4 Å². The molecule has 1 radical (unpaired) electrons. The van der Waals surface area contributed by atoms with Crippen molar-refractivity contribution in [3.05, 3.63) is 89.2 Å². The Kier molecular flexibility index (Phi) is 16.3. The quantitative estimate of drug-likeness (QED) is 0.354. The van der Waals surface area contributed by atoms with Crippen molar-refractivity contribution in [3.8, 4) is 0 Å². The predicted octanol–water partition coefficient (Wildman–Crippen LogP) is -0.197. The van der Waals surface area contributed by atoms with E-state index >= 15 is 0 Å². The first-order valence-corrected chi connectivity index (χ1v) is 13.0. The Morgan fingerprint density at radius 1 is 0.886 bits per heavy atom. The maximum atomic E-state index is 10.7. The molecular formula is C29H36Cl2NOSiZr. The van der Waals surface area contributed by atoms with E-state index in [1.807, 2.05) is 0 Å². The number of carbonyl (C=O) groups is 1. The Morgan fingerprint density at radius 2 is 1.40 bits per heavy atom. The fourth-order valence-electron chi connectivity index (χ4n) is 5.02. The van der Waals surface area contributed by atoms with E-state index in [0.717, 1.165) is 12.3 Å². The van der Waals surface area contributed by atoms with Gasteiger partial charge >= 0.3 is 26.2 Å². The molecule has 0 aromatic heterocycles. The van der Waals surface area contributed by atoms with Gasteiger partial charge in [0.15, 0.2) is 0 Å². The van der Waals surface area contributed by atoms with Gasteiger partial charge in [-0.25, -0.2) is 5.57 Å². The first kappa shape index (κ1) is 34.1. The number of hydrogen-bond acceptors (Lipinski definition) is 1. The number of fused-ring (bicyclic) bond motifs is 2. The minimum Gasteiger partial charge on any atom is -1.00 e. The maximum absolute atomic E-state index is 10.7. The molecule has 3 aliphatic rings. The molecule has 4 unspecified atom stereocenters. The second-order valence-electron chi connectivity index (χ2n) is 9.41. The Morgan fingerprint density at radius 3 is 1.66 bits per heavy atom. The Hall–Kier alpha value is -0.930. The number of rotatable bonds is 3. The second-order valence-corrected chi connectivity index (χ2v) is 11.0. The smallest absolute Gasteiger partial charge is 1.00 e. The minimum atomic E-state index is -0.313. The summed E-state index contributed by atoms with van der Waals surface area (Å²) >= 11 is 0. The van der Waals surface area contributed by atoms with Crippen LogP contribution in [0.2, 0.25) is 0 Å². The fraction of sp³-hybridized carbons (Fsp3) is 0.414. The van der Waals surface area contributed by atoms with E-state index in [4.69, 9.17) is 5.73 Å². The Labute approximate surface area is 246 Å². The van der Waals surface area contributed by atoms with E-state index in [1.165, 1.54) is 46.4 Å². The average Bonchev–Trinajstić information content (AvgIpc) is 3.49. The van der Waals surface area contributed by atoms with Crippen molar-refractivity contribution in [2.45, 2.75) is 53.4 Å². The molecule has 0 heterocycles. The molecule has 3 aliphatic carbocycles. The number of nitrogens with one attached hydrogen (secondary N) is 1. The summed E-state index contributed by atoms with van der Waals surface area (Å²) in [5.74, 6) is 1.76. The van der Waals surface area contributed by atoms with Gasteiger partial charge in [0, 0.05) is 5.92 Å². The molecule has 1 amide bonds. The Bertz CT molecular complexity index is 928. The van der Waals surface area contributed by atoms with Crippen LogP contribution >= 0.6 is 0 Å². The summed E-state index contributed by atoms with van der Waals surface area (Å²) in [5.41, 5.74) is 11.2. The summed E-state index contributed by atoms with van der Waals surface area (Å²) in [6.45, 7) is 8.67. The molecule has 2 saturated carbocycles. The van der Waals surface area contributed by atoms with Crippen LogP contribution in [-0.2, 0) is 31.0 Å². The van der Waals surface area contributed by atoms with Gasteiger partial charge in [0.25, 0.3) is 0 Å². The zero-order chi connectivity index (χ0) is 23.1. The number of halogens is 2. The third-order valence-electron chi connectivity index (χ3n) is 7.24. The number of allylic oxidation sites excluding steroid dienone is 4. The van der Waals surface area contributed by atoms with Crippen molar-refractivity contribution in [1.29, 1.82) is 0 Å². The van der Waals surface area contributed by atoms with Crippen LogP contribution in [0.25, 0.3) is 5.73 Å². The van der Waals surface area contributed by atoms with Gasteiger partial charge in [0.05, 0.1) is 5.91 Å². The zero-order valence-corrected chi connectivity index (χ0v) is 26.3. The van der Waals surface area contributed by atoms with Gasteiger partial charge in [-0.3, -0.25) is 6.08 Å². The van der Waals surface area contributed by atoms with Gasteiger partial charge in [-0.2, -0.15) is 11.1 Å². The van der Waals surface area contributed by atoms with Crippen molar-refractivity contribution in [1.82, 2.24) is 0 Å². The summed E-state index contributed by atoms with van der Waals surface area (Å²) < 4.78 is 0. The first-order valence-electron chi connectivity index (χ1n) is 11.8. The topological polar surface area (TPSA) is 40.9 Å². The van der Waals surface area contributed by atoms with Crippen molar-refractivity contribution in [2.75, 3.05) is 0 Å². The van der Waals surface area contributed by atoms with E-state index in [0.29, 0.717) is 11.8 Å². The fourth-order valence-corrected chi connectivity index (χ4v) is 6.23. The van der Waals surface area contributed by atoms with Gasteiger partial charge in [0.2, 0.25) is 0 Å². The van der Waals surface area contributed by atoms with Gasteiger partial charge < -0.3 is 35.3 Å². The summed E-state index contributed by atoms with van der Waals surface area (Å²) in [5, 5.41) is 2.90. The molecule has 2 fully saturated rings. The summed E-state index contributed by atoms with van der Waals surface area (Å²) in [6, 6.07) is 21.3. The average molecular weight is 605 g/mol. The molecular weight excluding hydrogens is 569 g/mol. The van der Waals surface area contributed by atoms with E-state index in [9.17, 15) is 4.79 Å². The van der Waals surface area contributed by atoms with E-state index in [2.05, 4.69) is 94.4 Å². The Balaban J connectivity index is 0.000000484. The number of carbonyl (C=O) groups excluding carboxylic acids is 1. The van der Waals surface area contributed by atoms with Crippen molar-refractivity contribution >= 4 is 25.8 Å². The van der Waals surface area contributed by atoms with Crippen LogP contribution in [0.1, 0.15) is 53.4 Å². The summed E-state index contributed by atoms with van der Waals surface area (Å²) in [7, 11) is 0.271. The maximum Gasteiger partial charge on any atom is 4.00 e. The monoisotopic (exact) mass is 602 g/mol. The van der Waals surface area contributed by atoms with Crippen LogP contribution in [0.4, 0.5) is 0 Å². The van der Waals surface area contributed by atoms with Crippen LogP contribution in [0.3, 0.4) is 0 Å². The third kappa shape index (κ3) is 10.2. The van der Waals surface area contributed by atoms with Crippen molar-refractivity contribution < 1.29 is 55.8 Å². The molecule has 2 aromatic carbocycles. The van der Waals surface area contributed by atoms with Crippen LogP contribution in [0.5, 0.6) is 0 Å². The third-order valence-corrected chi connectivity index (χ3v) is 8.68. The van der Waals surface area contributed by atoms with Crippen molar-refractivity contribution in [3.63, 3.8) is 0 Å². The molecule has 0 spiro atoms. The van der Waals surface area contributed by atoms with Crippen LogP contribution in [0, 0.1) is 29.7 Å². The molecule has 6 heteroatoms. The molecule has 4 atom stereocenters. The molecule has 185 valence electrons. The van der Waals surface area contributed by atoms with Gasteiger partial charge in [-0.1, -0.05) is 104 Å². The molecule has 2 aromatic rings. The predicted molar refractivity (Wildman–Crippen MR) is 138 cm³/mol. The van der Waals surface area contributed by atoms with Crippen LogP contribution < -0.4 is 35.2 Å². The summed E-state index contributed by atoms with van der Waals surface area (Å²) in [4.78, 5) is 10.7. The van der Waals surface area contributed by atoms with E-state index < -0.39 is 0 Å². The molecule has 0 saturated heterocycles. The standard InChI is InChI=1S/C12H11Si.C9H13.C8H13NO.2ClH.Zr/c1-3-7-11(8-4-1)13-12-9-5-2-6-10-12;1-6-5-7(2)9(4)8(6)3;9-8(10)7-4-5-1-2-6(7)3-5;;;/h1-10,13H;6H,1-4H3;5-7H,1-4H2,(H2,9,10);2*1H;/q;-1;;;;+4/p-3. The number of amides is 1. The number of benzene rings is 2. The normalized spacial score (nSPS) is 23.3. The zero-order valence-electron chi connectivity index (χ0n) is 21.2. The first-order chi connectivity index (χ1) is 15.3. The molecule has 2 bridgehead atoms.